The number of anilines is 2. The minimum atomic E-state index is -0.151. The van der Waals surface area contributed by atoms with Crippen LogP contribution in [-0.4, -0.2) is 12.0 Å². The second-order valence-corrected chi connectivity index (χ2v) is 5.87. The summed E-state index contributed by atoms with van der Waals surface area (Å²) in [5.74, 6) is 0.541. The fourth-order valence-corrected chi connectivity index (χ4v) is 2.52. The van der Waals surface area contributed by atoms with Crippen LogP contribution in [0.1, 0.15) is 42.3 Å². The molecule has 23 heavy (non-hydrogen) atoms. The van der Waals surface area contributed by atoms with Crippen LogP contribution in [0.2, 0.25) is 0 Å². The second kappa shape index (κ2) is 7.18. The maximum atomic E-state index is 12.6. The molecule has 0 aliphatic carbocycles. The van der Waals surface area contributed by atoms with E-state index >= 15 is 0 Å². The largest absolute Gasteiger partial charge is 0.491 e. The van der Waals surface area contributed by atoms with Gasteiger partial charge in [0.25, 0.3) is 5.91 Å². The van der Waals surface area contributed by atoms with E-state index in [1.807, 2.05) is 52.0 Å². The number of hydrogen-bond donors (Lipinski definition) is 2. The summed E-state index contributed by atoms with van der Waals surface area (Å²) in [6.07, 6.45) is 0.872. The van der Waals surface area contributed by atoms with Crippen molar-refractivity contribution in [2.45, 2.75) is 40.2 Å². The van der Waals surface area contributed by atoms with Gasteiger partial charge in [0.1, 0.15) is 5.75 Å². The van der Waals surface area contributed by atoms with Gasteiger partial charge in [-0.15, -0.1) is 0 Å². The van der Waals surface area contributed by atoms with Gasteiger partial charge in [0, 0.05) is 16.9 Å². The Balaban J connectivity index is 2.26. The summed E-state index contributed by atoms with van der Waals surface area (Å²) in [7, 11) is 0. The van der Waals surface area contributed by atoms with Gasteiger partial charge in [-0.3, -0.25) is 4.79 Å². The van der Waals surface area contributed by atoms with Crippen molar-refractivity contribution in [1.82, 2.24) is 0 Å². The summed E-state index contributed by atoms with van der Waals surface area (Å²) in [6, 6.07) is 11.0. The first-order valence-electron chi connectivity index (χ1n) is 7.87. The van der Waals surface area contributed by atoms with Crippen LogP contribution in [0.4, 0.5) is 11.4 Å². The zero-order valence-corrected chi connectivity index (χ0v) is 14.1. The smallest absolute Gasteiger partial charge is 0.255 e. The average Bonchev–Trinajstić information content (AvgIpc) is 2.49. The van der Waals surface area contributed by atoms with Gasteiger partial charge >= 0.3 is 0 Å². The maximum Gasteiger partial charge on any atom is 0.255 e. The molecule has 0 aliphatic rings. The molecule has 2 rings (SSSR count). The standard InChI is InChI=1S/C19H24N2O2/c1-5-14-10-16(20)9-13(4)18(14)21-19(22)15-7-6-8-17(11-15)23-12(2)3/h6-12H,5,20H2,1-4H3,(H,21,22). The predicted octanol–water partition coefficient (Wildman–Crippen LogP) is 4.18. The molecule has 0 fully saturated rings. The Hall–Kier alpha value is -2.49. The highest BCUT2D eigenvalue weighted by atomic mass is 16.5. The van der Waals surface area contributed by atoms with Gasteiger partial charge in [-0.2, -0.15) is 0 Å². The zero-order valence-electron chi connectivity index (χ0n) is 14.1. The number of carbonyl (C=O) groups excluding carboxylic acids is 1. The average molecular weight is 312 g/mol. The molecule has 0 spiro atoms. The molecule has 3 N–H and O–H groups in total. The van der Waals surface area contributed by atoms with Crippen molar-refractivity contribution in [3.8, 4) is 5.75 Å². The summed E-state index contributed by atoms with van der Waals surface area (Å²) in [5, 5.41) is 3.00. The van der Waals surface area contributed by atoms with E-state index in [0.717, 1.165) is 23.2 Å². The SMILES string of the molecule is CCc1cc(N)cc(C)c1NC(=O)c1cccc(OC(C)C)c1. The molecule has 2 aromatic carbocycles. The van der Waals surface area contributed by atoms with Crippen molar-refractivity contribution in [3.05, 3.63) is 53.1 Å². The van der Waals surface area contributed by atoms with Gasteiger partial charge in [0.2, 0.25) is 0 Å². The van der Waals surface area contributed by atoms with Crippen molar-refractivity contribution in [3.63, 3.8) is 0 Å². The van der Waals surface area contributed by atoms with E-state index in [0.29, 0.717) is 17.0 Å². The van der Waals surface area contributed by atoms with Crippen molar-refractivity contribution >= 4 is 17.3 Å². The van der Waals surface area contributed by atoms with E-state index in [4.69, 9.17) is 10.5 Å². The Labute approximate surface area is 137 Å². The first kappa shape index (κ1) is 16.9. The third kappa shape index (κ3) is 4.25. The molecule has 0 aliphatic heterocycles. The van der Waals surface area contributed by atoms with Crippen molar-refractivity contribution in [2.75, 3.05) is 11.1 Å². The summed E-state index contributed by atoms with van der Waals surface area (Å²) in [6.45, 7) is 7.90. The van der Waals surface area contributed by atoms with E-state index in [1.165, 1.54) is 0 Å². The van der Waals surface area contributed by atoms with E-state index < -0.39 is 0 Å². The summed E-state index contributed by atoms with van der Waals surface area (Å²) in [4.78, 5) is 12.6. The van der Waals surface area contributed by atoms with Crippen molar-refractivity contribution in [1.29, 1.82) is 0 Å². The number of nitrogens with one attached hydrogen (secondary N) is 1. The molecule has 2 aromatic rings. The normalized spacial score (nSPS) is 10.7. The van der Waals surface area contributed by atoms with Crippen LogP contribution in [-0.2, 0) is 6.42 Å². The van der Waals surface area contributed by atoms with Crippen LogP contribution < -0.4 is 15.8 Å². The molecule has 0 aromatic heterocycles. The molecule has 0 radical (unpaired) electrons. The molecule has 0 saturated heterocycles. The van der Waals surface area contributed by atoms with E-state index in [-0.39, 0.29) is 12.0 Å². The first-order valence-corrected chi connectivity index (χ1v) is 7.87. The van der Waals surface area contributed by atoms with Crippen LogP contribution in [0, 0.1) is 6.92 Å². The van der Waals surface area contributed by atoms with Gasteiger partial charge in [0.15, 0.2) is 0 Å². The van der Waals surface area contributed by atoms with Crippen molar-refractivity contribution < 1.29 is 9.53 Å². The van der Waals surface area contributed by atoms with Gasteiger partial charge in [-0.25, -0.2) is 0 Å². The second-order valence-electron chi connectivity index (χ2n) is 5.87. The monoisotopic (exact) mass is 312 g/mol. The highest BCUT2D eigenvalue weighted by Gasteiger charge is 2.12. The molecular weight excluding hydrogens is 288 g/mol. The number of nitrogen functional groups attached to an aromatic ring is 1. The molecule has 122 valence electrons. The number of rotatable bonds is 5. The Morgan fingerprint density at radius 1 is 1.26 bits per heavy atom. The number of aryl methyl sites for hydroxylation is 2. The number of benzene rings is 2. The quantitative estimate of drug-likeness (QED) is 0.814. The highest BCUT2D eigenvalue weighted by Crippen LogP contribution is 2.26. The number of amides is 1. The Bertz CT molecular complexity index is 709. The number of nitrogens with two attached hydrogens (primary N) is 1. The number of carbonyl (C=O) groups is 1. The Morgan fingerprint density at radius 3 is 2.65 bits per heavy atom. The molecule has 0 bridgehead atoms. The van der Waals surface area contributed by atoms with E-state index in [2.05, 4.69) is 5.32 Å². The lowest BCUT2D eigenvalue weighted by Crippen LogP contribution is -2.15. The molecule has 0 saturated carbocycles. The maximum absolute atomic E-state index is 12.6. The van der Waals surface area contributed by atoms with Gasteiger partial charge in [-0.05, 0) is 68.7 Å². The lowest BCUT2D eigenvalue weighted by molar-refractivity contribution is 0.102. The molecule has 4 nitrogen and oxygen atoms in total. The van der Waals surface area contributed by atoms with E-state index in [9.17, 15) is 4.79 Å². The topological polar surface area (TPSA) is 64.3 Å². The zero-order chi connectivity index (χ0) is 17.0. The van der Waals surface area contributed by atoms with Crippen molar-refractivity contribution in [2.24, 2.45) is 0 Å². The summed E-state index contributed by atoms with van der Waals surface area (Å²) in [5.41, 5.74) is 10.00. The molecule has 0 heterocycles. The highest BCUT2D eigenvalue weighted by molar-refractivity contribution is 6.05. The Morgan fingerprint density at radius 2 is 2.00 bits per heavy atom. The first-order chi connectivity index (χ1) is 10.9. The molecule has 1 amide bonds. The minimum absolute atomic E-state index is 0.0688. The van der Waals surface area contributed by atoms with Crippen LogP contribution in [0.3, 0.4) is 0 Å². The lowest BCUT2D eigenvalue weighted by atomic mass is 10.0. The van der Waals surface area contributed by atoms with Crippen LogP contribution in [0.15, 0.2) is 36.4 Å². The van der Waals surface area contributed by atoms with Crippen LogP contribution in [0.5, 0.6) is 5.75 Å². The van der Waals surface area contributed by atoms with Gasteiger partial charge in [0.05, 0.1) is 6.10 Å². The fraction of sp³-hybridized carbons (Fsp3) is 0.316. The predicted molar refractivity (Wildman–Crippen MR) is 95.1 cm³/mol. The minimum Gasteiger partial charge on any atom is -0.491 e. The van der Waals surface area contributed by atoms with E-state index in [1.54, 1.807) is 12.1 Å². The molecule has 4 heteroatoms. The fourth-order valence-electron chi connectivity index (χ4n) is 2.52. The van der Waals surface area contributed by atoms with Gasteiger partial charge in [-0.1, -0.05) is 13.0 Å². The molecule has 0 unspecified atom stereocenters. The number of hydrogen-bond acceptors (Lipinski definition) is 3. The molecular formula is C19H24N2O2. The molecule has 0 atom stereocenters. The number of ether oxygens (including phenoxy) is 1. The summed E-state index contributed by atoms with van der Waals surface area (Å²) < 4.78 is 5.64. The lowest BCUT2D eigenvalue weighted by Gasteiger charge is -2.15. The third-order valence-corrected chi connectivity index (χ3v) is 3.53. The van der Waals surface area contributed by atoms with Crippen LogP contribution in [0.25, 0.3) is 0 Å². The van der Waals surface area contributed by atoms with Gasteiger partial charge < -0.3 is 15.8 Å². The third-order valence-electron chi connectivity index (χ3n) is 3.53. The Kier molecular flexibility index (Phi) is 5.27. The summed E-state index contributed by atoms with van der Waals surface area (Å²) >= 11 is 0. The van der Waals surface area contributed by atoms with Crippen LogP contribution >= 0.6 is 0 Å².